The fraction of sp³-hybridized carbons (Fsp3) is 0.235. The molecular weight excluding hydrogens is 266 g/mol. The predicted molar refractivity (Wildman–Crippen MR) is 85.5 cm³/mol. The Morgan fingerprint density at radius 1 is 0.950 bits per heavy atom. The van der Waals surface area contributed by atoms with E-state index in [4.69, 9.17) is 0 Å². The van der Waals surface area contributed by atoms with Crippen molar-refractivity contribution < 1.29 is 4.79 Å². The summed E-state index contributed by atoms with van der Waals surface area (Å²) in [6.45, 7) is 0.672. The maximum absolute atomic E-state index is 12.0. The highest BCUT2D eigenvalue weighted by Gasteiger charge is 2.09. The number of amides is 1. The van der Waals surface area contributed by atoms with Crippen molar-refractivity contribution in [3.8, 4) is 0 Å². The van der Waals surface area contributed by atoms with Gasteiger partial charge in [0.1, 0.15) is 0 Å². The van der Waals surface area contributed by atoms with Crippen molar-refractivity contribution >= 4 is 17.7 Å². The molecule has 0 N–H and O–H groups in total. The summed E-state index contributed by atoms with van der Waals surface area (Å²) < 4.78 is 0. The zero-order valence-electron chi connectivity index (χ0n) is 11.7. The van der Waals surface area contributed by atoms with Crippen molar-refractivity contribution in [2.75, 3.05) is 12.8 Å². The Balaban J connectivity index is 1.74. The normalized spacial score (nSPS) is 10.2. The summed E-state index contributed by atoms with van der Waals surface area (Å²) in [6.07, 6.45) is 0. The van der Waals surface area contributed by atoms with Crippen LogP contribution >= 0.6 is 11.8 Å². The number of carbonyl (C=O) groups excluding carboxylic acids is 1. The van der Waals surface area contributed by atoms with Crippen LogP contribution in [0.4, 0.5) is 0 Å². The summed E-state index contributed by atoms with van der Waals surface area (Å²) in [7, 11) is 1.86. The first kappa shape index (κ1) is 14.7. The molecule has 0 aliphatic carbocycles. The van der Waals surface area contributed by atoms with Gasteiger partial charge in [-0.15, -0.1) is 11.8 Å². The second kappa shape index (κ2) is 7.75. The molecule has 0 atom stereocenters. The fourth-order valence-electron chi connectivity index (χ4n) is 1.89. The number of thioether (sulfide) groups is 1. The molecule has 0 spiro atoms. The third kappa shape index (κ3) is 4.74. The molecule has 0 aliphatic heterocycles. The second-order valence-corrected chi connectivity index (χ2v) is 5.70. The van der Waals surface area contributed by atoms with Crippen LogP contribution in [0.1, 0.15) is 11.1 Å². The Kier molecular flexibility index (Phi) is 5.69. The molecular formula is C17H19NOS. The summed E-state index contributed by atoms with van der Waals surface area (Å²) in [4.78, 5) is 13.8. The van der Waals surface area contributed by atoms with E-state index in [0.717, 1.165) is 11.3 Å². The van der Waals surface area contributed by atoms with Gasteiger partial charge in [-0.05, 0) is 11.1 Å². The van der Waals surface area contributed by atoms with Gasteiger partial charge >= 0.3 is 0 Å². The van der Waals surface area contributed by atoms with Crippen LogP contribution in [0.5, 0.6) is 0 Å². The molecule has 104 valence electrons. The van der Waals surface area contributed by atoms with E-state index in [0.29, 0.717) is 12.3 Å². The summed E-state index contributed by atoms with van der Waals surface area (Å²) in [5, 5.41) is 0. The lowest BCUT2D eigenvalue weighted by Gasteiger charge is -2.17. The number of nitrogens with zero attached hydrogens (tertiary/aromatic N) is 1. The highest BCUT2D eigenvalue weighted by Crippen LogP contribution is 2.13. The van der Waals surface area contributed by atoms with Gasteiger partial charge in [-0.2, -0.15) is 0 Å². The van der Waals surface area contributed by atoms with E-state index in [1.165, 1.54) is 5.56 Å². The molecule has 0 bridgehead atoms. The van der Waals surface area contributed by atoms with Crippen LogP contribution in [0.15, 0.2) is 60.7 Å². The minimum atomic E-state index is 0.176. The van der Waals surface area contributed by atoms with Gasteiger partial charge in [0.05, 0.1) is 5.75 Å². The highest BCUT2D eigenvalue weighted by molar-refractivity contribution is 7.99. The fourth-order valence-corrected chi connectivity index (χ4v) is 2.81. The zero-order chi connectivity index (χ0) is 14.2. The number of benzene rings is 2. The summed E-state index contributed by atoms with van der Waals surface area (Å²) in [6, 6.07) is 20.3. The number of rotatable bonds is 6. The molecule has 0 radical (unpaired) electrons. The average molecular weight is 285 g/mol. The van der Waals surface area contributed by atoms with Gasteiger partial charge in [0, 0.05) is 19.3 Å². The lowest BCUT2D eigenvalue weighted by molar-refractivity contribution is -0.127. The third-order valence-corrected chi connectivity index (χ3v) is 4.01. The number of carbonyl (C=O) groups is 1. The van der Waals surface area contributed by atoms with Gasteiger partial charge in [-0.3, -0.25) is 4.79 Å². The molecule has 2 rings (SSSR count). The molecule has 0 heterocycles. The number of hydrogen-bond donors (Lipinski definition) is 0. The monoisotopic (exact) mass is 285 g/mol. The van der Waals surface area contributed by atoms with Crippen molar-refractivity contribution in [1.82, 2.24) is 4.90 Å². The van der Waals surface area contributed by atoms with Crippen molar-refractivity contribution in [3.63, 3.8) is 0 Å². The molecule has 0 saturated heterocycles. The molecule has 2 aromatic carbocycles. The van der Waals surface area contributed by atoms with Gasteiger partial charge in [-0.1, -0.05) is 60.7 Å². The lowest BCUT2D eigenvalue weighted by atomic mass is 10.2. The van der Waals surface area contributed by atoms with Crippen molar-refractivity contribution in [1.29, 1.82) is 0 Å². The smallest absolute Gasteiger partial charge is 0.232 e. The first-order valence-electron chi connectivity index (χ1n) is 6.65. The molecule has 1 amide bonds. The molecule has 2 nitrogen and oxygen atoms in total. The Morgan fingerprint density at radius 2 is 1.50 bits per heavy atom. The zero-order valence-corrected chi connectivity index (χ0v) is 12.5. The van der Waals surface area contributed by atoms with E-state index in [-0.39, 0.29) is 5.91 Å². The molecule has 0 fully saturated rings. The Hall–Kier alpha value is -1.74. The van der Waals surface area contributed by atoms with Gasteiger partial charge < -0.3 is 4.90 Å². The van der Waals surface area contributed by atoms with E-state index in [1.807, 2.05) is 55.6 Å². The summed E-state index contributed by atoms with van der Waals surface area (Å²) in [5.41, 5.74) is 2.42. The minimum absolute atomic E-state index is 0.176. The van der Waals surface area contributed by atoms with Crippen molar-refractivity contribution in [2.24, 2.45) is 0 Å². The maximum Gasteiger partial charge on any atom is 0.232 e. The van der Waals surface area contributed by atoms with E-state index < -0.39 is 0 Å². The topological polar surface area (TPSA) is 20.3 Å². The average Bonchev–Trinajstić information content (AvgIpc) is 2.49. The molecule has 3 heteroatoms. The molecule has 0 saturated carbocycles. The molecule has 0 aromatic heterocycles. The highest BCUT2D eigenvalue weighted by atomic mass is 32.2. The first-order chi connectivity index (χ1) is 9.75. The Morgan fingerprint density at radius 3 is 2.10 bits per heavy atom. The second-order valence-electron chi connectivity index (χ2n) is 4.71. The van der Waals surface area contributed by atoms with Crippen molar-refractivity contribution in [3.05, 3.63) is 71.8 Å². The van der Waals surface area contributed by atoms with Crippen LogP contribution in [-0.4, -0.2) is 23.6 Å². The van der Waals surface area contributed by atoms with Crippen LogP contribution in [0.25, 0.3) is 0 Å². The molecule has 0 unspecified atom stereocenters. The van der Waals surface area contributed by atoms with Gasteiger partial charge in [0.2, 0.25) is 5.91 Å². The molecule has 20 heavy (non-hydrogen) atoms. The maximum atomic E-state index is 12.0. The van der Waals surface area contributed by atoms with Crippen LogP contribution in [0.2, 0.25) is 0 Å². The SMILES string of the molecule is CN(Cc1ccccc1)C(=O)CSCc1ccccc1. The number of hydrogen-bond acceptors (Lipinski definition) is 2. The third-order valence-electron chi connectivity index (χ3n) is 3.03. The first-order valence-corrected chi connectivity index (χ1v) is 7.81. The van der Waals surface area contributed by atoms with E-state index in [1.54, 1.807) is 16.7 Å². The van der Waals surface area contributed by atoms with E-state index in [2.05, 4.69) is 12.1 Å². The summed E-state index contributed by atoms with van der Waals surface area (Å²) >= 11 is 1.66. The largest absolute Gasteiger partial charge is 0.341 e. The van der Waals surface area contributed by atoms with E-state index in [9.17, 15) is 4.79 Å². The Labute approximate surface area is 124 Å². The van der Waals surface area contributed by atoms with Crippen LogP contribution in [0, 0.1) is 0 Å². The predicted octanol–water partition coefficient (Wildman–Crippen LogP) is 3.58. The van der Waals surface area contributed by atoms with Crippen molar-refractivity contribution in [2.45, 2.75) is 12.3 Å². The van der Waals surface area contributed by atoms with Gasteiger partial charge in [-0.25, -0.2) is 0 Å². The van der Waals surface area contributed by atoms with Gasteiger partial charge in [0.15, 0.2) is 0 Å². The quantitative estimate of drug-likeness (QED) is 0.808. The van der Waals surface area contributed by atoms with E-state index >= 15 is 0 Å². The summed E-state index contributed by atoms with van der Waals surface area (Å²) in [5.74, 6) is 1.58. The lowest BCUT2D eigenvalue weighted by Crippen LogP contribution is -2.27. The molecule has 2 aromatic rings. The standard InChI is InChI=1S/C17H19NOS/c1-18(12-15-8-4-2-5-9-15)17(19)14-20-13-16-10-6-3-7-11-16/h2-11H,12-14H2,1H3. The van der Waals surface area contributed by atoms with Crippen LogP contribution in [0.3, 0.4) is 0 Å². The van der Waals surface area contributed by atoms with Crippen LogP contribution in [-0.2, 0) is 17.1 Å². The Bertz CT molecular complexity index is 527. The molecule has 0 aliphatic rings. The van der Waals surface area contributed by atoms with Gasteiger partial charge in [0.25, 0.3) is 0 Å². The van der Waals surface area contributed by atoms with Crippen LogP contribution < -0.4 is 0 Å². The minimum Gasteiger partial charge on any atom is -0.341 e.